The summed E-state index contributed by atoms with van der Waals surface area (Å²) in [6.45, 7) is 8.17. The monoisotopic (exact) mass is 418 g/mol. The summed E-state index contributed by atoms with van der Waals surface area (Å²) in [5, 5.41) is 5.74. The van der Waals surface area contributed by atoms with Gasteiger partial charge in [-0.25, -0.2) is 0 Å². The Labute approximate surface area is 176 Å². The molecule has 0 radical (unpaired) electrons. The predicted molar refractivity (Wildman–Crippen MR) is 115 cm³/mol. The van der Waals surface area contributed by atoms with Crippen molar-refractivity contribution >= 4 is 29.1 Å². The lowest BCUT2D eigenvalue weighted by atomic mass is 10.1. The van der Waals surface area contributed by atoms with E-state index in [4.69, 9.17) is 21.1 Å². The van der Waals surface area contributed by atoms with Crippen molar-refractivity contribution in [1.82, 2.24) is 5.32 Å². The van der Waals surface area contributed by atoms with E-state index in [1.807, 2.05) is 39.8 Å². The van der Waals surface area contributed by atoms with Crippen molar-refractivity contribution in [2.45, 2.75) is 34.1 Å². The number of methoxy groups -OCH3 is 1. The Balaban J connectivity index is 2.05. The highest BCUT2D eigenvalue weighted by atomic mass is 35.5. The van der Waals surface area contributed by atoms with Gasteiger partial charge in [0.1, 0.15) is 0 Å². The van der Waals surface area contributed by atoms with Crippen LogP contribution in [0.3, 0.4) is 0 Å². The summed E-state index contributed by atoms with van der Waals surface area (Å²) < 4.78 is 10.9. The molecule has 2 aromatic rings. The Morgan fingerprint density at radius 3 is 2.31 bits per heavy atom. The highest BCUT2D eigenvalue weighted by Crippen LogP contribution is 2.36. The highest BCUT2D eigenvalue weighted by molar-refractivity contribution is 6.32. The van der Waals surface area contributed by atoms with Crippen LogP contribution in [-0.4, -0.2) is 32.1 Å². The second-order valence-corrected chi connectivity index (χ2v) is 7.25. The largest absolute Gasteiger partial charge is 0.493 e. The molecule has 0 bridgehead atoms. The van der Waals surface area contributed by atoms with Crippen molar-refractivity contribution in [2.24, 2.45) is 0 Å². The molecular weight excluding hydrogens is 392 g/mol. The van der Waals surface area contributed by atoms with Gasteiger partial charge in [-0.3, -0.25) is 9.59 Å². The number of anilines is 1. The SMILES string of the molecule is CCCOc1c(Cl)cc(C(=O)NCC(=O)Nc2c(C)cc(C)cc2C)cc1OC. The topological polar surface area (TPSA) is 76.7 Å². The van der Waals surface area contributed by atoms with Crippen LogP contribution in [0.2, 0.25) is 5.02 Å². The number of hydrogen-bond donors (Lipinski definition) is 2. The van der Waals surface area contributed by atoms with Crippen LogP contribution in [0.15, 0.2) is 24.3 Å². The molecule has 0 unspecified atom stereocenters. The maximum absolute atomic E-state index is 12.5. The third-order valence-electron chi connectivity index (χ3n) is 4.29. The molecule has 0 fully saturated rings. The molecule has 2 amide bonds. The van der Waals surface area contributed by atoms with Gasteiger partial charge in [0.05, 0.1) is 25.3 Å². The summed E-state index contributed by atoms with van der Waals surface area (Å²) in [5.74, 6) is 0.0243. The van der Waals surface area contributed by atoms with Crippen LogP contribution in [0.1, 0.15) is 40.4 Å². The van der Waals surface area contributed by atoms with Crippen LogP contribution >= 0.6 is 11.6 Å². The number of hydrogen-bond acceptors (Lipinski definition) is 4. The average Bonchev–Trinajstić information content (AvgIpc) is 2.67. The van der Waals surface area contributed by atoms with Crippen molar-refractivity contribution in [3.63, 3.8) is 0 Å². The third kappa shape index (κ3) is 5.87. The Morgan fingerprint density at radius 1 is 1.07 bits per heavy atom. The van der Waals surface area contributed by atoms with E-state index >= 15 is 0 Å². The van der Waals surface area contributed by atoms with Crippen molar-refractivity contribution in [2.75, 3.05) is 25.6 Å². The third-order valence-corrected chi connectivity index (χ3v) is 4.57. The first kappa shape index (κ1) is 22.6. The second-order valence-electron chi connectivity index (χ2n) is 6.84. The van der Waals surface area contributed by atoms with Crippen molar-refractivity contribution < 1.29 is 19.1 Å². The smallest absolute Gasteiger partial charge is 0.251 e. The number of ether oxygens (including phenoxy) is 2. The minimum Gasteiger partial charge on any atom is -0.493 e. The molecular formula is C22H27ClN2O4. The first-order chi connectivity index (χ1) is 13.8. The maximum atomic E-state index is 12.5. The fraction of sp³-hybridized carbons (Fsp3) is 0.364. The first-order valence-electron chi connectivity index (χ1n) is 9.43. The van der Waals surface area contributed by atoms with E-state index in [1.165, 1.54) is 13.2 Å². The van der Waals surface area contributed by atoms with Gasteiger partial charge in [0.15, 0.2) is 11.5 Å². The zero-order valence-electron chi connectivity index (χ0n) is 17.4. The van der Waals surface area contributed by atoms with Gasteiger partial charge < -0.3 is 20.1 Å². The zero-order chi connectivity index (χ0) is 21.6. The molecule has 2 aromatic carbocycles. The summed E-state index contributed by atoms with van der Waals surface area (Å²) in [4.78, 5) is 24.8. The fourth-order valence-corrected chi connectivity index (χ4v) is 3.28. The Bertz CT molecular complexity index is 889. The van der Waals surface area contributed by atoms with E-state index in [1.54, 1.807) is 6.07 Å². The lowest BCUT2D eigenvalue weighted by molar-refractivity contribution is -0.115. The van der Waals surface area contributed by atoms with Gasteiger partial charge in [0, 0.05) is 11.3 Å². The van der Waals surface area contributed by atoms with Gasteiger partial charge in [-0.05, 0) is 50.5 Å². The summed E-state index contributed by atoms with van der Waals surface area (Å²) in [6.07, 6.45) is 0.816. The molecule has 0 atom stereocenters. The number of carbonyl (C=O) groups excluding carboxylic acids is 2. The molecule has 0 aromatic heterocycles. The van der Waals surface area contributed by atoms with Crippen LogP contribution in [0.4, 0.5) is 5.69 Å². The zero-order valence-corrected chi connectivity index (χ0v) is 18.2. The normalized spacial score (nSPS) is 10.4. The molecule has 0 heterocycles. The van der Waals surface area contributed by atoms with E-state index in [2.05, 4.69) is 10.6 Å². The van der Waals surface area contributed by atoms with Crippen LogP contribution in [0.25, 0.3) is 0 Å². The van der Waals surface area contributed by atoms with Gasteiger partial charge in [-0.1, -0.05) is 36.2 Å². The van der Waals surface area contributed by atoms with E-state index in [-0.39, 0.29) is 23.0 Å². The Kier molecular flexibility index (Phi) is 7.91. The fourth-order valence-electron chi connectivity index (χ4n) is 3.02. The second kappa shape index (κ2) is 10.2. The number of carbonyl (C=O) groups is 2. The molecule has 0 saturated carbocycles. The molecule has 0 spiro atoms. The Hall–Kier alpha value is -2.73. The number of aryl methyl sites for hydroxylation is 3. The van der Waals surface area contributed by atoms with Gasteiger partial charge in [-0.15, -0.1) is 0 Å². The van der Waals surface area contributed by atoms with Crippen molar-refractivity contribution in [3.8, 4) is 11.5 Å². The van der Waals surface area contributed by atoms with Gasteiger partial charge >= 0.3 is 0 Å². The van der Waals surface area contributed by atoms with Gasteiger partial charge in [0.25, 0.3) is 5.91 Å². The van der Waals surface area contributed by atoms with Crippen LogP contribution in [-0.2, 0) is 4.79 Å². The first-order valence-corrected chi connectivity index (χ1v) is 9.80. The molecule has 29 heavy (non-hydrogen) atoms. The van der Waals surface area contributed by atoms with E-state index in [9.17, 15) is 9.59 Å². The molecule has 7 heteroatoms. The van der Waals surface area contributed by atoms with Crippen LogP contribution in [0, 0.1) is 20.8 Å². The molecule has 156 valence electrons. The summed E-state index contributed by atoms with van der Waals surface area (Å²) >= 11 is 6.25. The highest BCUT2D eigenvalue weighted by Gasteiger charge is 2.17. The van der Waals surface area contributed by atoms with E-state index < -0.39 is 5.91 Å². The minimum absolute atomic E-state index is 0.167. The molecule has 0 aliphatic heterocycles. The average molecular weight is 419 g/mol. The van der Waals surface area contributed by atoms with E-state index in [0.717, 1.165) is 28.8 Å². The van der Waals surface area contributed by atoms with E-state index in [0.29, 0.717) is 18.1 Å². The van der Waals surface area contributed by atoms with Crippen molar-refractivity contribution in [1.29, 1.82) is 0 Å². The quantitative estimate of drug-likeness (QED) is 0.664. The molecule has 2 N–H and O–H groups in total. The maximum Gasteiger partial charge on any atom is 0.251 e. The van der Waals surface area contributed by atoms with Crippen molar-refractivity contribution in [3.05, 3.63) is 51.5 Å². The number of amides is 2. The lowest BCUT2D eigenvalue weighted by Gasteiger charge is -2.15. The molecule has 0 saturated heterocycles. The van der Waals surface area contributed by atoms with Gasteiger partial charge in [0.2, 0.25) is 5.91 Å². The predicted octanol–water partition coefficient (Wildman–Crippen LogP) is 4.43. The summed E-state index contributed by atoms with van der Waals surface area (Å²) in [7, 11) is 1.48. The molecule has 6 nitrogen and oxygen atoms in total. The Morgan fingerprint density at radius 2 is 1.72 bits per heavy atom. The standard InChI is InChI=1S/C22H27ClN2O4/c1-6-7-29-21-17(23)10-16(11-18(21)28-5)22(27)24-12-19(26)25-20-14(3)8-13(2)9-15(20)4/h8-11H,6-7,12H2,1-5H3,(H,24,27)(H,25,26). The van der Waals surface area contributed by atoms with Crippen LogP contribution in [0.5, 0.6) is 11.5 Å². The lowest BCUT2D eigenvalue weighted by Crippen LogP contribution is -2.33. The number of rotatable bonds is 8. The van der Waals surface area contributed by atoms with Crippen LogP contribution < -0.4 is 20.1 Å². The molecule has 2 rings (SSSR count). The number of halogens is 1. The summed E-state index contributed by atoms with van der Waals surface area (Å²) in [5.41, 5.74) is 4.12. The molecule has 0 aliphatic carbocycles. The molecule has 0 aliphatic rings. The van der Waals surface area contributed by atoms with Gasteiger partial charge in [-0.2, -0.15) is 0 Å². The minimum atomic E-state index is -0.431. The summed E-state index contributed by atoms with van der Waals surface area (Å²) in [6, 6.07) is 7.03. The number of nitrogens with one attached hydrogen (secondary N) is 2. The number of benzene rings is 2.